The quantitative estimate of drug-likeness (QED) is 0.107. The summed E-state index contributed by atoms with van der Waals surface area (Å²) in [5, 5.41) is 17.0. The van der Waals surface area contributed by atoms with E-state index in [0.717, 1.165) is 50.8 Å². The smallest absolute Gasteiger partial charge is 0.324 e. The maximum atomic E-state index is 14.7. The monoisotopic (exact) mass is 889 g/mol. The van der Waals surface area contributed by atoms with E-state index in [1.807, 2.05) is 37.9 Å². The number of benzene rings is 3. The number of rotatable bonds is 11. The number of methoxy groups -OCH3 is 1. The number of nitrogens with zero attached hydrogens (tertiary/aromatic N) is 4. The Morgan fingerprint density at radius 3 is 2.55 bits per heavy atom. The molecule has 4 aromatic rings. The van der Waals surface area contributed by atoms with Crippen LogP contribution in [0.3, 0.4) is 0 Å². The van der Waals surface area contributed by atoms with Crippen molar-refractivity contribution in [1.29, 1.82) is 0 Å². The molecule has 0 spiro atoms. The molecule has 348 valence electrons. The molecule has 0 aliphatic carbocycles. The number of likely N-dealkylation sites (tertiary alicyclic amines) is 1. The maximum absolute atomic E-state index is 14.7. The van der Waals surface area contributed by atoms with Gasteiger partial charge >= 0.3 is 5.97 Å². The highest BCUT2D eigenvalue weighted by Gasteiger charge is 2.38. The van der Waals surface area contributed by atoms with Gasteiger partial charge in [0.1, 0.15) is 17.8 Å². The molecule has 0 radical (unpaired) electrons. The molecule has 3 aromatic carbocycles. The summed E-state index contributed by atoms with van der Waals surface area (Å²) in [6.45, 7) is 19.0. The first-order chi connectivity index (χ1) is 31.0. The predicted octanol–water partition coefficient (Wildman–Crippen LogP) is 7.05. The molecule has 0 unspecified atom stereocenters. The fourth-order valence-corrected chi connectivity index (χ4v) is 10.3. The van der Waals surface area contributed by atoms with Gasteiger partial charge in [0.25, 0.3) is 5.91 Å². The number of carbonyl (C=O) groups is 4. The zero-order valence-electron chi connectivity index (χ0n) is 39.5. The minimum atomic E-state index is -1.04. The molecule has 7 rings (SSSR count). The highest BCUT2D eigenvalue weighted by atomic mass is 16.5. The average molecular weight is 889 g/mol. The zero-order chi connectivity index (χ0) is 46.7. The van der Waals surface area contributed by atoms with E-state index in [-0.39, 0.29) is 54.4 Å². The maximum Gasteiger partial charge on any atom is 0.324 e. The number of phenols is 1. The van der Waals surface area contributed by atoms with Crippen molar-refractivity contribution in [2.45, 2.75) is 104 Å². The lowest BCUT2D eigenvalue weighted by Gasteiger charge is -2.37. The van der Waals surface area contributed by atoms with Crippen LogP contribution in [0, 0.1) is 17.3 Å². The minimum Gasteiger partial charge on any atom is -0.508 e. The van der Waals surface area contributed by atoms with Gasteiger partial charge < -0.3 is 29.4 Å². The van der Waals surface area contributed by atoms with Gasteiger partial charge in [-0.1, -0.05) is 70.7 Å². The van der Waals surface area contributed by atoms with Crippen LogP contribution in [-0.4, -0.2) is 113 Å². The van der Waals surface area contributed by atoms with Crippen molar-refractivity contribution >= 4 is 34.6 Å². The van der Waals surface area contributed by atoms with Gasteiger partial charge in [-0.3, -0.25) is 29.1 Å². The number of phenolic OH excluding ortho intramolecular Hbond substituents is 1. The van der Waals surface area contributed by atoms with E-state index < -0.39 is 29.5 Å². The summed E-state index contributed by atoms with van der Waals surface area (Å²) < 4.78 is 14.4. The summed E-state index contributed by atoms with van der Waals surface area (Å²) in [5.41, 5.74) is 10.4. The second-order valence-electron chi connectivity index (χ2n) is 19.5. The molecule has 4 heterocycles. The fraction of sp³-hybridized carbons (Fsp3) is 0.500. The molecule has 1 aromatic heterocycles. The SMILES string of the molecule is C=CC(=O)N1CC[C@H](CN(C)[C@H](C(=O)N[C@H]2Cc3cc(O)cc(c3)-c3ccc4c(c3)c(c(-c3ccccc3[C@H](C)OC)n4CC)CC(C)(C)COC(=O)[C@@H]3CCCN(N3)C2=O)C(C)C)C1. The van der Waals surface area contributed by atoms with Gasteiger partial charge in [-0.15, -0.1) is 0 Å². The molecule has 3 amide bonds. The number of hydrazine groups is 1. The Kier molecular flexibility index (Phi) is 14.6. The molecular formula is C52H68N6O7. The van der Waals surface area contributed by atoms with Crippen molar-refractivity contribution in [3.05, 3.63) is 90.0 Å². The number of aromatic nitrogens is 1. The summed E-state index contributed by atoms with van der Waals surface area (Å²) in [6, 6.07) is 17.7. The normalized spacial score (nSPS) is 21.3. The number of likely N-dealkylation sites (N-methyl/N-ethyl adjacent to an activating group) is 1. The summed E-state index contributed by atoms with van der Waals surface area (Å²) in [5.74, 6) is -1.10. The summed E-state index contributed by atoms with van der Waals surface area (Å²) >= 11 is 0. The van der Waals surface area contributed by atoms with Crippen molar-refractivity contribution in [2.75, 3.05) is 46.9 Å². The van der Waals surface area contributed by atoms with E-state index in [0.29, 0.717) is 57.5 Å². The lowest BCUT2D eigenvalue weighted by Crippen LogP contribution is -2.62. The number of carbonyl (C=O) groups excluding carboxylic acids is 4. The molecule has 3 aliphatic heterocycles. The van der Waals surface area contributed by atoms with Crippen LogP contribution in [0.15, 0.2) is 73.3 Å². The van der Waals surface area contributed by atoms with Gasteiger partial charge in [0, 0.05) is 68.1 Å². The van der Waals surface area contributed by atoms with Crippen LogP contribution in [0.2, 0.25) is 0 Å². The third kappa shape index (κ3) is 10.3. The Morgan fingerprint density at radius 1 is 1.06 bits per heavy atom. The van der Waals surface area contributed by atoms with Gasteiger partial charge in [-0.05, 0) is 117 Å². The van der Waals surface area contributed by atoms with Crippen LogP contribution >= 0.6 is 0 Å². The van der Waals surface area contributed by atoms with E-state index in [1.54, 1.807) is 24.1 Å². The third-order valence-electron chi connectivity index (χ3n) is 13.5. The molecule has 3 aliphatic rings. The molecule has 13 heteroatoms. The largest absolute Gasteiger partial charge is 0.508 e. The molecule has 6 bridgehead atoms. The molecule has 0 saturated carbocycles. The molecule has 2 fully saturated rings. The number of fused-ring (bicyclic) bond motifs is 6. The number of hydrogen-bond acceptors (Lipinski definition) is 9. The Hall–Kier alpha value is -5.50. The number of aromatic hydroxyl groups is 1. The van der Waals surface area contributed by atoms with Crippen molar-refractivity contribution in [3.8, 4) is 28.1 Å². The van der Waals surface area contributed by atoms with Crippen LogP contribution in [0.1, 0.15) is 83.6 Å². The fourth-order valence-electron chi connectivity index (χ4n) is 10.3. The van der Waals surface area contributed by atoms with Crippen LogP contribution in [0.25, 0.3) is 33.3 Å². The Labute approximate surface area is 384 Å². The van der Waals surface area contributed by atoms with Crippen LogP contribution < -0.4 is 10.7 Å². The summed E-state index contributed by atoms with van der Waals surface area (Å²) in [7, 11) is 3.64. The average Bonchev–Trinajstić information content (AvgIpc) is 3.88. The van der Waals surface area contributed by atoms with Crippen LogP contribution in [0.4, 0.5) is 0 Å². The van der Waals surface area contributed by atoms with E-state index in [1.165, 1.54) is 11.1 Å². The molecule has 3 N–H and O–H groups in total. The number of hydrogen-bond donors (Lipinski definition) is 3. The molecule has 5 atom stereocenters. The van der Waals surface area contributed by atoms with Gasteiger partial charge in [0.2, 0.25) is 11.8 Å². The molecule has 13 nitrogen and oxygen atoms in total. The highest BCUT2D eigenvalue weighted by Crippen LogP contribution is 2.42. The van der Waals surface area contributed by atoms with Crippen molar-refractivity contribution < 1.29 is 33.8 Å². The Balaban J connectivity index is 1.30. The van der Waals surface area contributed by atoms with Crippen molar-refractivity contribution in [1.82, 2.24) is 30.1 Å². The van der Waals surface area contributed by atoms with E-state index in [2.05, 4.69) is 86.0 Å². The van der Waals surface area contributed by atoms with E-state index >= 15 is 0 Å². The van der Waals surface area contributed by atoms with Crippen LogP contribution in [-0.2, 0) is 48.0 Å². The number of amides is 3. The number of ether oxygens (including phenoxy) is 2. The van der Waals surface area contributed by atoms with Crippen molar-refractivity contribution in [2.24, 2.45) is 17.3 Å². The molecule has 65 heavy (non-hydrogen) atoms. The lowest BCUT2D eigenvalue weighted by molar-refractivity contribution is -0.155. The lowest BCUT2D eigenvalue weighted by atomic mass is 9.83. The van der Waals surface area contributed by atoms with Crippen molar-refractivity contribution in [3.63, 3.8) is 0 Å². The second-order valence-corrected chi connectivity index (χ2v) is 19.5. The van der Waals surface area contributed by atoms with Gasteiger partial charge in [0.15, 0.2) is 0 Å². The summed E-state index contributed by atoms with van der Waals surface area (Å²) in [4.78, 5) is 59.3. The van der Waals surface area contributed by atoms with E-state index in [9.17, 15) is 24.3 Å². The standard InChI is InChI=1S/C52H68N6O7/c1-10-46(60)56-22-20-34(30-56)29-55(8)47(32(3)4)49(61)53-44-25-35-23-37(26-38(59)24-35)36-18-19-45-41(27-36)42(48(57(45)11-2)40-16-13-12-15-39(40)33(5)64-9)28-52(6,7)31-65-51(63)43-17-14-21-58(54-43)50(44)62/h10,12-13,15-16,18-19,23-24,26-27,32-34,43-44,47,54,59H,1,11,14,17,20-22,25,28-31H2,2-9H3,(H,53,61)/t33-,34+,43-,44-,47-/m0/s1. The minimum absolute atomic E-state index is 0.0411. The van der Waals surface area contributed by atoms with Crippen LogP contribution in [0.5, 0.6) is 5.75 Å². The Morgan fingerprint density at radius 2 is 1.83 bits per heavy atom. The second kappa shape index (κ2) is 19.9. The number of esters is 1. The van der Waals surface area contributed by atoms with Gasteiger partial charge in [-0.25, -0.2) is 5.43 Å². The first-order valence-corrected chi connectivity index (χ1v) is 23.3. The van der Waals surface area contributed by atoms with Gasteiger partial charge in [0.05, 0.1) is 24.4 Å². The van der Waals surface area contributed by atoms with Gasteiger partial charge in [-0.2, -0.15) is 0 Å². The highest BCUT2D eigenvalue weighted by molar-refractivity contribution is 5.96. The Bertz CT molecular complexity index is 2420. The zero-order valence-corrected chi connectivity index (χ0v) is 39.5. The first kappa shape index (κ1) is 47.5. The predicted molar refractivity (Wildman–Crippen MR) is 254 cm³/mol. The number of nitrogens with one attached hydrogen (secondary N) is 2. The molecule has 2 saturated heterocycles. The molecular weight excluding hydrogens is 821 g/mol. The summed E-state index contributed by atoms with van der Waals surface area (Å²) in [6.07, 6.45) is 3.72. The van der Waals surface area contributed by atoms with E-state index in [4.69, 9.17) is 9.47 Å². The third-order valence-corrected chi connectivity index (χ3v) is 13.5. The number of cyclic esters (lactones) is 1. The number of aryl methyl sites for hydroxylation is 1. The first-order valence-electron chi connectivity index (χ1n) is 23.3. The topological polar surface area (TPSA) is 146 Å².